The Balaban J connectivity index is 2.79. The van der Waals surface area contributed by atoms with Crippen LogP contribution in [0.15, 0.2) is 18.2 Å². The van der Waals surface area contributed by atoms with Gasteiger partial charge >= 0.3 is 0 Å². The van der Waals surface area contributed by atoms with Gasteiger partial charge in [0.25, 0.3) is 0 Å². The maximum absolute atomic E-state index is 11.5. The van der Waals surface area contributed by atoms with Crippen LogP contribution in [0.4, 0.5) is 5.69 Å². The van der Waals surface area contributed by atoms with Gasteiger partial charge in [0.1, 0.15) is 5.75 Å². The molecule has 4 nitrogen and oxygen atoms in total. The first-order chi connectivity index (χ1) is 8.38. The summed E-state index contributed by atoms with van der Waals surface area (Å²) in [6.07, 6.45) is 0. The lowest BCUT2D eigenvalue weighted by molar-refractivity contribution is 0.416. The van der Waals surface area contributed by atoms with Gasteiger partial charge in [-0.25, -0.2) is 8.42 Å². The smallest absolute Gasteiger partial charge is 0.152 e. The zero-order valence-electron chi connectivity index (χ0n) is 11.4. The summed E-state index contributed by atoms with van der Waals surface area (Å²) < 4.78 is 28.3. The van der Waals surface area contributed by atoms with Crippen molar-refractivity contribution >= 4 is 15.5 Å². The number of sulfone groups is 1. The molecule has 102 valence electrons. The van der Waals surface area contributed by atoms with E-state index in [1.807, 2.05) is 32.0 Å². The third-order valence-electron chi connectivity index (χ3n) is 2.70. The maximum Gasteiger partial charge on any atom is 0.152 e. The van der Waals surface area contributed by atoms with E-state index in [9.17, 15) is 8.42 Å². The molecule has 0 radical (unpaired) electrons. The Bertz CT molecular complexity index is 497. The number of ether oxygens (including phenoxy) is 1. The molecule has 0 amide bonds. The van der Waals surface area contributed by atoms with Crippen LogP contribution in [0.1, 0.15) is 19.4 Å². The summed E-state index contributed by atoms with van der Waals surface area (Å²) >= 11 is 0. The van der Waals surface area contributed by atoms with Crippen LogP contribution >= 0.6 is 0 Å². The average molecular weight is 271 g/mol. The summed E-state index contributed by atoms with van der Waals surface area (Å²) in [4.78, 5) is 0. The second-order valence-corrected chi connectivity index (χ2v) is 6.85. The van der Waals surface area contributed by atoms with Gasteiger partial charge in [-0.1, -0.05) is 13.0 Å². The molecule has 0 bridgehead atoms. The number of methoxy groups -OCH3 is 1. The molecule has 0 aliphatic carbocycles. The monoisotopic (exact) mass is 271 g/mol. The van der Waals surface area contributed by atoms with Gasteiger partial charge in [-0.3, -0.25) is 0 Å². The van der Waals surface area contributed by atoms with Crippen LogP contribution < -0.4 is 10.1 Å². The number of nitrogens with one attached hydrogen (secondary N) is 1. The molecule has 0 saturated carbocycles. The van der Waals surface area contributed by atoms with Gasteiger partial charge in [-0.15, -0.1) is 0 Å². The average Bonchev–Trinajstić information content (AvgIpc) is 2.30. The Hall–Kier alpha value is -1.23. The van der Waals surface area contributed by atoms with Crippen LogP contribution in [0.2, 0.25) is 0 Å². The quantitative estimate of drug-likeness (QED) is 0.862. The molecule has 0 fully saturated rings. The largest absolute Gasteiger partial charge is 0.495 e. The first-order valence-corrected chi connectivity index (χ1v) is 7.81. The highest BCUT2D eigenvalue weighted by atomic mass is 32.2. The van der Waals surface area contributed by atoms with Gasteiger partial charge in [-0.2, -0.15) is 0 Å². The third kappa shape index (κ3) is 4.22. The summed E-state index contributed by atoms with van der Waals surface area (Å²) in [6, 6.07) is 5.64. The van der Waals surface area contributed by atoms with Gasteiger partial charge in [-0.05, 0) is 31.5 Å². The molecule has 0 aliphatic heterocycles. The molecule has 0 spiro atoms. The number of benzene rings is 1. The van der Waals surface area contributed by atoms with Crippen LogP contribution in [0.5, 0.6) is 5.75 Å². The lowest BCUT2D eigenvalue weighted by Gasteiger charge is -2.17. The predicted molar refractivity (Wildman–Crippen MR) is 75.1 cm³/mol. The minimum Gasteiger partial charge on any atom is -0.495 e. The lowest BCUT2D eigenvalue weighted by atomic mass is 10.2. The molecule has 1 unspecified atom stereocenters. The van der Waals surface area contributed by atoms with Crippen molar-refractivity contribution in [3.63, 3.8) is 0 Å². The Labute approximate surface area is 109 Å². The molecule has 1 aromatic carbocycles. The Morgan fingerprint density at radius 3 is 2.61 bits per heavy atom. The number of aryl methyl sites for hydroxylation is 1. The van der Waals surface area contributed by atoms with Crippen molar-refractivity contribution in [2.75, 3.05) is 23.9 Å². The Morgan fingerprint density at radius 1 is 1.39 bits per heavy atom. The van der Waals surface area contributed by atoms with E-state index < -0.39 is 9.84 Å². The van der Waals surface area contributed by atoms with E-state index >= 15 is 0 Å². The summed E-state index contributed by atoms with van der Waals surface area (Å²) in [7, 11) is -1.37. The standard InChI is InChI=1S/C13H21NO3S/c1-5-18(15,16)9-11(3)14-12-7-6-10(2)8-13(12)17-4/h6-8,11,14H,5,9H2,1-4H3. The molecule has 0 saturated heterocycles. The fourth-order valence-corrected chi connectivity index (χ4v) is 2.80. The fourth-order valence-electron chi connectivity index (χ4n) is 1.72. The highest BCUT2D eigenvalue weighted by Crippen LogP contribution is 2.26. The lowest BCUT2D eigenvalue weighted by Crippen LogP contribution is -2.26. The molecular weight excluding hydrogens is 250 g/mol. The topological polar surface area (TPSA) is 55.4 Å². The third-order valence-corrected chi connectivity index (χ3v) is 4.59. The second kappa shape index (κ2) is 6.09. The van der Waals surface area contributed by atoms with Gasteiger partial charge < -0.3 is 10.1 Å². The highest BCUT2D eigenvalue weighted by molar-refractivity contribution is 7.91. The zero-order chi connectivity index (χ0) is 13.8. The molecule has 1 rings (SSSR count). The predicted octanol–water partition coefficient (Wildman–Crippen LogP) is 2.24. The van der Waals surface area contributed by atoms with Crippen molar-refractivity contribution < 1.29 is 13.2 Å². The molecule has 1 aromatic rings. The fraction of sp³-hybridized carbons (Fsp3) is 0.538. The maximum atomic E-state index is 11.5. The minimum absolute atomic E-state index is 0.126. The second-order valence-electron chi connectivity index (χ2n) is 4.45. The normalized spacial score (nSPS) is 13.1. The van der Waals surface area contributed by atoms with Crippen LogP contribution in [0.3, 0.4) is 0 Å². The summed E-state index contributed by atoms with van der Waals surface area (Å²) in [5.41, 5.74) is 1.92. The van der Waals surface area contributed by atoms with Gasteiger partial charge in [0.15, 0.2) is 9.84 Å². The van der Waals surface area contributed by atoms with E-state index in [0.29, 0.717) is 0 Å². The van der Waals surface area contributed by atoms with Crippen molar-refractivity contribution in [1.29, 1.82) is 0 Å². The molecule has 0 heterocycles. The SMILES string of the molecule is CCS(=O)(=O)CC(C)Nc1ccc(C)cc1OC. The van der Waals surface area contributed by atoms with E-state index in [2.05, 4.69) is 5.32 Å². The van der Waals surface area contributed by atoms with Crippen LogP contribution in [0, 0.1) is 6.92 Å². The zero-order valence-corrected chi connectivity index (χ0v) is 12.2. The first kappa shape index (κ1) is 14.8. The van der Waals surface area contributed by atoms with Crippen molar-refractivity contribution in [2.24, 2.45) is 0 Å². The van der Waals surface area contributed by atoms with Crippen molar-refractivity contribution in [3.8, 4) is 5.75 Å². The Kier molecular flexibility index (Phi) is 5.02. The highest BCUT2D eigenvalue weighted by Gasteiger charge is 2.14. The molecule has 1 atom stereocenters. The van der Waals surface area contributed by atoms with Crippen LogP contribution in [-0.4, -0.2) is 33.1 Å². The molecule has 5 heteroatoms. The molecule has 0 aliphatic rings. The van der Waals surface area contributed by atoms with E-state index in [1.54, 1.807) is 14.0 Å². The minimum atomic E-state index is -2.97. The number of hydrogen-bond donors (Lipinski definition) is 1. The number of hydrogen-bond acceptors (Lipinski definition) is 4. The molecule has 1 N–H and O–H groups in total. The summed E-state index contributed by atoms with van der Waals surface area (Å²) in [5, 5.41) is 3.17. The van der Waals surface area contributed by atoms with E-state index in [-0.39, 0.29) is 17.5 Å². The van der Waals surface area contributed by atoms with Gasteiger partial charge in [0.05, 0.1) is 18.6 Å². The van der Waals surface area contributed by atoms with E-state index in [1.165, 1.54) is 0 Å². The van der Waals surface area contributed by atoms with Crippen molar-refractivity contribution in [1.82, 2.24) is 0 Å². The molecule has 0 aromatic heterocycles. The van der Waals surface area contributed by atoms with Crippen molar-refractivity contribution in [2.45, 2.75) is 26.8 Å². The Morgan fingerprint density at radius 2 is 2.06 bits per heavy atom. The van der Waals surface area contributed by atoms with Crippen molar-refractivity contribution in [3.05, 3.63) is 23.8 Å². The summed E-state index contributed by atoms with van der Waals surface area (Å²) in [6.45, 7) is 5.50. The van der Waals surface area contributed by atoms with Gasteiger partial charge in [0, 0.05) is 11.8 Å². The van der Waals surface area contributed by atoms with E-state index in [0.717, 1.165) is 17.0 Å². The molecule has 18 heavy (non-hydrogen) atoms. The molecular formula is C13H21NO3S. The number of anilines is 1. The first-order valence-electron chi connectivity index (χ1n) is 5.99. The summed E-state index contributed by atoms with van der Waals surface area (Å²) in [5.74, 6) is 1.03. The van der Waals surface area contributed by atoms with Crippen LogP contribution in [0.25, 0.3) is 0 Å². The number of rotatable bonds is 6. The van der Waals surface area contributed by atoms with Crippen LogP contribution in [-0.2, 0) is 9.84 Å². The van der Waals surface area contributed by atoms with E-state index in [4.69, 9.17) is 4.74 Å². The van der Waals surface area contributed by atoms with Gasteiger partial charge in [0.2, 0.25) is 0 Å².